The van der Waals surface area contributed by atoms with E-state index >= 15 is 0 Å². The summed E-state index contributed by atoms with van der Waals surface area (Å²) >= 11 is 0. The minimum absolute atomic E-state index is 0.0919. The number of hydrogen-bond donors (Lipinski definition) is 1. The highest BCUT2D eigenvalue weighted by molar-refractivity contribution is 6.08. The van der Waals surface area contributed by atoms with E-state index in [4.69, 9.17) is 14.7 Å². The standard InChI is InChI=1S/C23H23N5O2/c1-15(29)24-17-5-3-16(4-6-17)22-25-21-18-9-10-27(2)20(18)8-7-19(21)23(26-22)28-11-13-30-14-12-28/h3-10H,11-14H2,1-2H3,(H,24,29). The van der Waals surface area contributed by atoms with Gasteiger partial charge < -0.3 is 19.5 Å². The summed E-state index contributed by atoms with van der Waals surface area (Å²) in [5.74, 6) is 1.52. The highest BCUT2D eigenvalue weighted by Gasteiger charge is 2.19. The number of aromatic nitrogens is 3. The van der Waals surface area contributed by atoms with Gasteiger partial charge in [0.15, 0.2) is 5.82 Å². The average molecular weight is 401 g/mol. The summed E-state index contributed by atoms with van der Waals surface area (Å²) in [4.78, 5) is 23.5. The Bertz CT molecular complexity index is 1240. The summed E-state index contributed by atoms with van der Waals surface area (Å²) in [6, 6.07) is 14.0. The van der Waals surface area contributed by atoms with Gasteiger partial charge in [0.1, 0.15) is 5.82 Å². The molecule has 7 nitrogen and oxygen atoms in total. The van der Waals surface area contributed by atoms with Crippen molar-refractivity contribution in [2.24, 2.45) is 7.05 Å². The number of amides is 1. The van der Waals surface area contributed by atoms with Crippen molar-refractivity contribution in [3.63, 3.8) is 0 Å². The zero-order chi connectivity index (χ0) is 20.7. The fourth-order valence-electron chi connectivity index (χ4n) is 3.98. The molecule has 3 heterocycles. The van der Waals surface area contributed by atoms with Gasteiger partial charge in [0.05, 0.1) is 18.7 Å². The highest BCUT2D eigenvalue weighted by Crippen LogP contribution is 2.33. The molecule has 0 saturated carbocycles. The van der Waals surface area contributed by atoms with E-state index in [9.17, 15) is 4.79 Å². The molecule has 0 radical (unpaired) electrons. The third-order valence-corrected chi connectivity index (χ3v) is 5.48. The van der Waals surface area contributed by atoms with E-state index in [0.717, 1.165) is 52.0 Å². The van der Waals surface area contributed by atoms with Crippen LogP contribution < -0.4 is 10.2 Å². The number of carbonyl (C=O) groups is 1. The van der Waals surface area contributed by atoms with Crippen LogP contribution in [0, 0.1) is 0 Å². The number of nitrogens with zero attached hydrogens (tertiary/aromatic N) is 4. The van der Waals surface area contributed by atoms with Gasteiger partial charge in [-0.3, -0.25) is 4.79 Å². The molecule has 0 atom stereocenters. The molecular formula is C23H23N5O2. The molecule has 152 valence electrons. The Morgan fingerprint density at radius 2 is 1.77 bits per heavy atom. The van der Waals surface area contributed by atoms with Crippen LogP contribution in [0.15, 0.2) is 48.7 Å². The number of hydrogen-bond acceptors (Lipinski definition) is 5. The van der Waals surface area contributed by atoms with Crippen molar-refractivity contribution in [3.8, 4) is 11.4 Å². The van der Waals surface area contributed by atoms with E-state index < -0.39 is 0 Å². The van der Waals surface area contributed by atoms with Gasteiger partial charge in [-0.25, -0.2) is 9.97 Å². The molecule has 0 aliphatic carbocycles. The maximum atomic E-state index is 11.3. The van der Waals surface area contributed by atoms with Crippen LogP contribution in [0.1, 0.15) is 6.92 Å². The summed E-state index contributed by atoms with van der Waals surface area (Å²) in [5.41, 5.74) is 3.76. The number of fused-ring (bicyclic) bond motifs is 3. The van der Waals surface area contributed by atoms with Crippen LogP contribution in [-0.4, -0.2) is 46.7 Å². The van der Waals surface area contributed by atoms with E-state index in [1.165, 1.54) is 6.92 Å². The third-order valence-electron chi connectivity index (χ3n) is 5.48. The molecule has 5 rings (SSSR count). The van der Waals surface area contributed by atoms with Crippen molar-refractivity contribution in [1.82, 2.24) is 14.5 Å². The highest BCUT2D eigenvalue weighted by atomic mass is 16.5. The van der Waals surface area contributed by atoms with Crippen LogP contribution in [0.2, 0.25) is 0 Å². The van der Waals surface area contributed by atoms with Gasteiger partial charge in [0.2, 0.25) is 5.91 Å². The molecule has 2 aromatic heterocycles. The van der Waals surface area contributed by atoms with Crippen LogP contribution >= 0.6 is 0 Å². The summed E-state index contributed by atoms with van der Waals surface area (Å²) < 4.78 is 7.65. The number of rotatable bonds is 3. The lowest BCUT2D eigenvalue weighted by Crippen LogP contribution is -2.37. The molecule has 1 fully saturated rings. The number of anilines is 2. The van der Waals surface area contributed by atoms with Gasteiger partial charge >= 0.3 is 0 Å². The topological polar surface area (TPSA) is 72.3 Å². The van der Waals surface area contributed by atoms with E-state index in [0.29, 0.717) is 19.0 Å². The molecule has 4 aromatic rings. The quantitative estimate of drug-likeness (QED) is 0.568. The molecule has 1 saturated heterocycles. The molecule has 30 heavy (non-hydrogen) atoms. The molecule has 1 N–H and O–H groups in total. The van der Waals surface area contributed by atoms with Crippen LogP contribution in [-0.2, 0) is 16.6 Å². The van der Waals surface area contributed by atoms with Crippen molar-refractivity contribution >= 4 is 39.2 Å². The van der Waals surface area contributed by atoms with E-state index in [-0.39, 0.29) is 5.91 Å². The Morgan fingerprint density at radius 3 is 2.50 bits per heavy atom. The first kappa shape index (κ1) is 18.6. The smallest absolute Gasteiger partial charge is 0.221 e. The molecule has 1 aliphatic heterocycles. The first-order valence-corrected chi connectivity index (χ1v) is 10.1. The van der Waals surface area contributed by atoms with Crippen LogP contribution in [0.4, 0.5) is 11.5 Å². The largest absolute Gasteiger partial charge is 0.378 e. The Morgan fingerprint density at radius 1 is 1.00 bits per heavy atom. The number of morpholine rings is 1. The van der Waals surface area contributed by atoms with Crippen molar-refractivity contribution in [2.75, 3.05) is 36.5 Å². The van der Waals surface area contributed by atoms with Gasteiger partial charge in [-0.05, 0) is 42.5 Å². The van der Waals surface area contributed by atoms with E-state index in [2.05, 4.69) is 39.2 Å². The van der Waals surface area contributed by atoms with Gasteiger partial charge in [-0.1, -0.05) is 0 Å². The lowest BCUT2D eigenvalue weighted by atomic mass is 10.1. The van der Waals surface area contributed by atoms with Crippen LogP contribution in [0.3, 0.4) is 0 Å². The normalized spacial score (nSPS) is 14.4. The van der Waals surface area contributed by atoms with E-state index in [1.807, 2.05) is 31.3 Å². The molecule has 2 aromatic carbocycles. The summed E-state index contributed by atoms with van der Waals surface area (Å²) in [5, 5.41) is 4.96. The first-order chi connectivity index (χ1) is 14.6. The Labute approximate surface area is 174 Å². The number of carbonyl (C=O) groups excluding carboxylic acids is 1. The summed E-state index contributed by atoms with van der Waals surface area (Å²) in [7, 11) is 2.04. The molecule has 0 spiro atoms. The van der Waals surface area contributed by atoms with Crippen molar-refractivity contribution in [1.29, 1.82) is 0 Å². The molecular weight excluding hydrogens is 378 g/mol. The van der Waals surface area contributed by atoms with Crippen LogP contribution in [0.5, 0.6) is 0 Å². The lowest BCUT2D eigenvalue weighted by Gasteiger charge is -2.29. The lowest BCUT2D eigenvalue weighted by molar-refractivity contribution is -0.114. The fraction of sp³-hybridized carbons (Fsp3) is 0.261. The van der Waals surface area contributed by atoms with Gasteiger partial charge in [0.25, 0.3) is 0 Å². The van der Waals surface area contributed by atoms with Crippen molar-refractivity contribution in [2.45, 2.75) is 6.92 Å². The summed E-state index contributed by atoms with van der Waals surface area (Å²) in [6.07, 6.45) is 2.06. The average Bonchev–Trinajstić information content (AvgIpc) is 3.15. The Balaban J connectivity index is 1.69. The molecule has 7 heteroatoms. The SMILES string of the molecule is CC(=O)Nc1ccc(-c2nc(N3CCOCC3)c3ccc4c(ccn4C)c3n2)cc1. The molecule has 0 unspecified atom stereocenters. The van der Waals surface area contributed by atoms with Gasteiger partial charge in [-0.2, -0.15) is 0 Å². The second kappa shape index (κ2) is 7.42. The van der Waals surface area contributed by atoms with Crippen LogP contribution in [0.25, 0.3) is 33.2 Å². The minimum Gasteiger partial charge on any atom is -0.378 e. The molecule has 1 amide bonds. The zero-order valence-corrected chi connectivity index (χ0v) is 17.1. The number of benzene rings is 2. The monoisotopic (exact) mass is 401 g/mol. The zero-order valence-electron chi connectivity index (χ0n) is 17.1. The third kappa shape index (κ3) is 3.27. The second-order valence-electron chi connectivity index (χ2n) is 7.55. The van der Waals surface area contributed by atoms with Gasteiger partial charge in [0, 0.05) is 60.8 Å². The Hall–Kier alpha value is -3.45. The molecule has 1 aliphatic rings. The maximum Gasteiger partial charge on any atom is 0.221 e. The fourth-order valence-corrected chi connectivity index (χ4v) is 3.98. The minimum atomic E-state index is -0.0919. The first-order valence-electron chi connectivity index (χ1n) is 10.1. The van der Waals surface area contributed by atoms with Crippen molar-refractivity contribution in [3.05, 3.63) is 48.7 Å². The van der Waals surface area contributed by atoms with Gasteiger partial charge in [-0.15, -0.1) is 0 Å². The van der Waals surface area contributed by atoms with E-state index in [1.54, 1.807) is 0 Å². The second-order valence-corrected chi connectivity index (χ2v) is 7.55. The Kier molecular flexibility index (Phi) is 4.59. The maximum absolute atomic E-state index is 11.3. The predicted octanol–water partition coefficient (Wildman–Crippen LogP) is 3.58. The number of ether oxygens (including phenoxy) is 1. The summed E-state index contributed by atoms with van der Waals surface area (Å²) in [6.45, 7) is 4.50. The number of nitrogens with one attached hydrogen (secondary N) is 1. The van der Waals surface area contributed by atoms with Crippen molar-refractivity contribution < 1.29 is 9.53 Å². The number of aryl methyl sites for hydroxylation is 1. The predicted molar refractivity (Wildman–Crippen MR) is 119 cm³/mol. The molecule has 0 bridgehead atoms.